The van der Waals surface area contributed by atoms with Crippen LogP contribution in [0.5, 0.6) is 0 Å². The van der Waals surface area contributed by atoms with E-state index < -0.39 is 10.0 Å². The van der Waals surface area contributed by atoms with Crippen molar-refractivity contribution < 1.29 is 8.42 Å². The summed E-state index contributed by atoms with van der Waals surface area (Å²) >= 11 is 8.92. The molecule has 10 heteroatoms. The maximum atomic E-state index is 12.5. The van der Waals surface area contributed by atoms with Crippen LogP contribution < -0.4 is 4.72 Å². The minimum atomic E-state index is -3.69. The van der Waals surface area contributed by atoms with Gasteiger partial charge in [0.1, 0.15) is 9.22 Å². The highest BCUT2D eigenvalue weighted by Gasteiger charge is 2.21. The van der Waals surface area contributed by atoms with Gasteiger partial charge < -0.3 is 0 Å². The van der Waals surface area contributed by atoms with E-state index >= 15 is 0 Å². The minimum absolute atomic E-state index is 0.0731. The Kier molecular flexibility index (Phi) is 5.60. The lowest BCUT2D eigenvalue weighted by molar-refractivity contribution is 0.590. The number of rotatable bonds is 4. The first kappa shape index (κ1) is 19.9. The Morgan fingerprint density at radius 1 is 1.04 bits per heavy atom. The van der Waals surface area contributed by atoms with Crippen LogP contribution in [-0.4, -0.2) is 18.6 Å². The highest BCUT2D eigenvalue weighted by atomic mass is 79.9. The van der Waals surface area contributed by atoms with Crippen LogP contribution in [0.2, 0.25) is 0 Å². The highest BCUT2D eigenvalue weighted by molar-refractivity contribution is 9.13. The lowest BCUT2D eigenvalue weighted by atomic mass is 9.87. The third kappa shape index (κ3) is 4.36. The summed E-state index contributed by atoms with van der Waals surface area (Å²) in [5, 5.41) is 8.97. The van der Waals surface area contributed by atoms with Crippen molar-refractivity contribution in [1.29, 1.82) is 0 Å². The van der Waals surface area contributed by atoms with E-state index in [1.54, 1.807) is 6.07 Å². The number of nitrogens with one attached hydrogen (secondary N) is 1. The second-order valence-electron chi connectivity index (χ2n) is 6.53. The number of halogens is 2. The van der Waals surface area contributed by atoms with Gasteiger partial charge in [0.2, 0.25) is 5.13 Å². The first-order valence-electron chi connectivity index (χ1n) is 7.48. The molecule has 5 nitrogen and oxygen atoms in total. The Balaban J connectivity index is 1.82. The van der Waals surface area contributed by atoms with Crippen molar-refractivity contribution in [3.63, 3.8) is 0 Å². The monoisotopic (exact) mass is 535 g/mol. The highest BCUT2D eigenvalue weighted by Crippen LogP contribution is 2.36. The molecular weight excluding hydrogens is 522 g/mol. The molecule has 0 saturated carbocycles. The van der Waals surface area contributed by atoms with Crippen molar-refractivity contribution >= 4 is 69.7 Å². The lowest BCUT2D eigenvalue weighted by Crippen LogP contribution is -2.11. The maximum Gasteiger partial charge on any atom is 0.273 e. The second kappa shape index (κ2) is 7.31. The summed E-state index contributed by atoms with van der Waals surface area (Å²) in [6.45, 7) is 6.46. The maximum absolute atomic E-state index is 12.5. The van der Waals surface area contributed by atoms with Gasteiger partial charge in [-0.25, -0.2) is 8.42 Å². The first-order chi connectivity index (χ1) is 12.1. The molecule has 0 aliphatic carbocycles. The van der Waals surface area contributed by atoms with Crippen molar-refractivity contribution in [2.75, 3.05) is 4.72 Å². The molecule has 0 radical (unpaired) electrons. The number of thiophene rings is 1. The molecule has 3 rings (SSSR count). The molecule has 0 atom stereocenters. The molecule has 0 aliphatic rings. The van der Waals surface area contributed by atoms with Crippen LogP contribution in [0.3, 0.4) is 0 Å². The molecule has 0 saturated heterocycles. The topological polar surface area (TPSA) is 72.0 Å². The van der Waals surface area contributed by atoms with Gasteiger partial charge in [0.15, 0.2) is 0 Å². The van der Waals surface area contributed by atoms with E-state index in [0.29, 0.717) is 9.48 Å². The summed E-state index contributed by atoms with van der Waals surface area (Å²) in [5.74, 6) is 0. The van der Waals surface area contributed by atoms with Gasteiger partial charge in [-0.1, -0.05) is 56.4 Å². The van der Waals surface area contributed by atoms with Crippen molar-refractivity contribution in [3.8, 4) is 10.6 Å². The van der Waals surface area contributed by atoms with E-state index in [2.05, 4.69) is 79.7 Å². The fourth-order valence-corrected chi connectivity index (χ4v) is 6.92. The summed E-state index contributed by atoms with van der Waals surface area (Å²) in [5.41, 5.74) is 2.20. The molecule has 0 aliphatic heterocycles. The summed E-state index contributed by atoms with van der Waals surface area (Å²) in [4.78, 5) is 0. The quantitative estimate of drug-likeness (QED) is 0.451. The molecule has 0 fully saturated rings. The standard InChI is InChI=1S/C16H15Br2N3O2S3/c1-16(2,3)10-6-4-9(5-7-10)14-19-20-15(25-14)21-26(22,23)12-8-11(17)13(18)24-12/h4-8H,1-3H3,(H,20,21). The Morgan fingerprint density at radius 3 is 2.23 bits per heavy atom. The Bertz CT molecular complexity index is 1020. The van der Waals surface area contributed by atoms with Gasteiger partial charge in [-0.3, -0.25) is 4.72 Å². The number of hydrogen-bond donors (Lipinski definition) is 1. The summed E-state index contributed by atoms with van der Waals surface area (Å²) in [6.07, 6.45) is 0. The van der Waals surface area contributed by atoms with Gasteiger partial charge in [-0.15, -0.1) is 21.5 Å². The van der Waals surface area contributed by atoms with Crippen LogP contribution in [-0.2, 0) is 15.4 Å². The molecule has 2 heterocycles. The SMILES string of the molecule is CC(C)(C)c1ccc(-c2nnc(NS(=O)(=O)c3cc(Br)c(Br)s3)s2)cc1. The predicted octanol–water partition coefficient (Wildman–Crippen LogP) is 5.89. The van der Waals surface area contributed by atoms with E-state index in [4.69, 9.17) is 0 Å². The zero-order valence-electron chi connectivity index (χ0n) is 14.1. The van der Waals surface area contributed by atoms with Crippen molar-refractivity contribution in [2.24, 2.45) is 0 Å². The molecule has 0 spiro atoms. The number of sulfonamides is 1. The van der Waals surface area contributed by atoms with E-state index in [0.717, 1.165) is 20.7 Å². The molecular formula is C16H15Br2N3O2S3. The van der Waals surface area contributed by atoms with Crippen molar-refractivity contribution in [1.82, 2.24) is 10.2 Å². The van der Waals surface area contributed by atoms with Crippen LogP contribution in [0, 0.1) is 0 Å². The summed E-state index contributed by atoms with van der Waals surface area (Å²) in [6, 6.07) is 9.62. The summed E-state index contributed by atoms with van der Waals surface area (Å²) in [7, 11) is -3.69. The van der Waals surface area contributed by atoms with Crippen LogP contribution in [0.4, 0.5) is 5.13 Å². The molecule has 1 aromatic carbocycles. The van der Waals surface area contributed by atoms with E-state index in [1.807, 2.05) is 12.1 Å². The predicted molar refractivity (Wildman–Crippen MR) is 115 cm³/mol. The Hall–Kier alpha value is -0.810. The average Bonchev–Trinajstić information content (AvgIpc) is 3.14. The molecule has 1 N–H and O–H groups in total. The van der Waals surface area contributed by atoms with Gasteiger partial charge in [-0.2, -0.15) is 0 Å². The van der Waals surface area contributed by atoms with Crippen molar-refractivity contribution in [3.05, 3.63) is 44.2 Å². The van der Waals surface area contributed by atoms with Gasteiger partial charge in [0.05, 0.1) is 3.79 Å². The van der Waals surface area contributed by atoms with Crippen LogP contribution in [0.25, 0.3) is 10.6 Å². The van der Waals surface area contributed by atoms with Gasteiger partial charge in [0.25, 0.3) is 10.0 Å². The van der Waals surface area contributed by atoms with E-state index in [9.17, 15) is 8.42 Å². The zero-order chi connectivity index (χ0) is 19.1. The molecule has 3 aromatic rings. The molecule has 0 bridgehead atoms. The number of anilines is 1. The number of benzene rings is 1. The first-order valence-corrected chi connectivity index (χ1v) is 12.2. The second-order valence-corrected chi connectivity index (χ2v) is 12.6. The number of aromatic nitrogens is 2. The van der Waals surface area contributed by atoms with Gasteiger partial charge in [-0.05, 0) is 48.9 Å². The largest absolute Gasteiger partial charge is 0.273 e. The van der Waals surface area contributed by atoms with Crippen molar-refractivity contribution in [2.45, 2.75) is 30.4 Å². The molecule has 0 unspecified atom stereocenters. The smallest absolute Gasteiger partial charge is 0.252 e. The zero-order valence-corrected chi connectivity index (χ0v) is 19.7. The Labute approximate surface area is 177 Å². The normalized spacial score (nSPS) is 12.3. The van der Waals surface area contributed by atoms with Gasteiger partial charge >= 0.3 is 0 Å². The van der Waals surface area contributed by atoms with Crippen LogP contribution >= 0.6 is 54.5 Å². The fraction of sp³-hybridized carbons (Fsp3) is 0.250. The van der Waals surface area contributed by atoms with Crippen LogP contribution in [0.1, 0.15) is 26.3 Å². The molecule has 138 valence electrons. The third-order valence-corrected chi connectivity index (χ3v) is 9.62. The number of hydrogen-bond acceptors (Lipinski definition) is 6. The molecule has 0 amide bonds. The van der Waals surface area contributed by atoms with E-state index in [-0.39, 0.29) is 14.8 Å². The Morgan fingerprint density at radius 2 is 1.69 bits per heavy atom. The molecule has 2 aromatic heterocycles. The summed E-state index contributed by atoms with van der Waals surface area (Å²) < 4.78 is 29.0. The molecule has 26 heavy (non-hydrogen) atoms. The average molecular weight is 537 g/mol. The minimum Gasteiger partial charge on any atom is -0.252 e. The van der Waals surface area contributed by atoms with Gasteiger partial charge in [0, 0.05) is 10.0 Å². The number of nitrogens with zero attached hydrogens (tertiary/aromatic N) is 2. The fourth-order valence-electron chi connectivity index (χ4n) is 2.12. The van der Waals surface area contributed by atoms with Crippen LogP contribution in [0.15, 0.2) is 42.8 Å². The lowest BCUT2D eigenvalue weighted by Gasteiger charge is -2.18. The third-order valence-electron chi connectivity index (χ3n) is 3.53. The van der Waals surface area contributed by atoms with E-state index in [1.165, 1.54) is 16.9 Å².